The van der Waals surface area contributed by atoms with Gasteiger partial charge < -0.3 is 4.74 Å². The van der Waals surface area contributed by atoms with E-state index in [4.69, 9.17) is 4.74 Å². The van der Waals surface area contributed by atoms with Crippen LogP contribution in [0.2, 0.25) is 0 Å². The van der Waals surface area contributed by atoms with Gasteiger partial charge in [-0.25, -0.2) is 4.39 Å². The van der Waals surface area contributed by atoms with Crippen LogP contribution in [0.4, 0.5) is 4.39 Å². The van der Waals surface area contributed by atoms with Crippen LogP contribution in [-0.4, -0.2) is 17.7 Å². The Hall–Kier alpha value is -1.60. The third kappa shape index (κ3) is 3.71. The standard InChI is InChI=1S/C16H21FN2O/c1-12(2)19-16(11-18)9-3-4-15(10-16)20-14-7-5-13(17)6-8-14/h5-8,12,15,19H,3-4,9-10H2,1-2H3. The molecule has 1 N–H and O–H groups in total. The molecule has 2 unspecified atom stereocenters. The molecule has 1 aliphatic rings. The monoisotopic (exact) mass is 276 g/mol. The van der Waals surface area contributed by atoms with Gasteiger partial charge in [0.05, 0.1) is 6.07 Å². The lowest BCUT2D eigenvalue weighted by molar-refractivity contribution is 0.109. The molecule has 2 atom stereocenters. The van der Waals surface area contributed by atoms with Crippen LogP contribution in [0.1, 0.15) is 39.5 Å². The highest BCUT2D eigenvalue weighted by Gasteiger charge is 2.37. The van der Waals surface area contributed by atoms with Crippen molar-refractivity contribution in [3.8, 4) is 11.8 Å². The molecule has 4 heteroatoms. The Morgan fingerprint density at radius 3 is 2.70 bits per heavy atom. The van der Waals surface area contributed by atoms with Crippen LogP contribution in [0.15, 0.2) is 24.3 Å². The van der Waals surface area contributed by atoms with Gasteiger partial charge in [-0.05, 0) is 57.4 Å². The third-order valence-electron chi connectivity index (χ3n) is 3.60. The number of rotatable bonds is 4. The van der Waals surface area contributed by atoms with Gasteiger partial charge in [0.2, 0.25) is 0 Å². The number of nitriles is 1. The minimum Gasteiger partial charge on any atom is -0.490 e. The molecular formula is C16H21FN2O. The highest BCUT2D eigenvalue weighted by molar-refractivity contribution is 5.23. The van der Waals surface area contributed by atoms with Gasteiger partial charge in [-0.15, -0.1) is 0 Å². The van der Waals surface area contributed by atoms with E-state index in [0.717, 1.165) is 19.3 Å². The second-order valence-electron chi connectivity index (χ2n) is 5.78. The van der Waals surface area contributed by atoms with Crippen molar-refractivity contribution >= 4 is 0 Å². The van der Waals surface area contributed by atoms with Crippen molar-refractivity contribution in [2.45, 2.75) is 57.2 Å². The summed E-state index contributed by atoms with van der Waals surface area (Å²) in [6.45, 7) is 4.09. The molecule has 0 aromatic heterocycles. The molecule has 0 heterocycles. The molecule has 0 spiro atoms. The number of hydrogen-bond acceptors (Lipinski definition) is 3. The summed E-state index contributed by atoms with van der Waals surface area (Å²) in [7, 11) is 0. The van der Waals surface area contributed by atoms with Crippen molar-refractivity contribution < 1.29 is 9.13 Å². The highest BCUT2D eigenvalue weighted by Crippen LogP contribution is 2.31. The summed E-state index contributed by atoms with van der Waals surface area (Å²) in [5.41, 5.74) is -0.503. The lowest BCUT2D eigenvalue weighted by Crippen LogP contribution is -2.52. The molecule has 20 heavy (non-hydrogen) atoms. The van der Waals surface area contributed by atoms with Crippen molar-refractivity contribution in [2.24, 2.45) is 0 Å². The number of benzene rings is 1. The fraction of sp³-hybridized carbons (Fsp3) is 0.562. The summed E-state index contributed by atoms with van der Waals surface area (Å²) in [5.74, 6) is 0.392. The maximum absolute atomic E-state index is 12.9. The SMILES string of the molecule is CC(C)NC1(C#N)CCCC(Oc2ccc(F)cc2)C1. The Morgan fingerprint density at radius 1 is 1.40 bits per heavy atom. The maximum atomic E-state index is 12.9. The average Bonchev–Trinajstić information content (AvgIpc) is 2.41. The van der Waals surface area contributed by atoms with Crippen LogP contribution < -0.4 is 10.1 Å². The maximum Gasteiger partial charge on any atom is 0.123 e. The lowest BCUT2D eigenvalue weighted by atomic mass is 9.80. The Kier molecular flexibility index (Phi) is 4.61. The molecule has 1 aliphatic carbocycles. The topological polar surface area (TPSA) is 45.0 Å². The number of ether oxygens (including phenoxy) is 1. The van der Waals surface area contributed by atoms with Crippen molar-refractivity contribution in [3.63, 3.8) is 0 Å². The number of nitrogens with one attached hydrogen (secondary N) is 1. The predicted molar refractivity (Wildman–Crippen MR) is 75.9 cm³/mol. The Labute approximate surface area is 119 Å². The van der Waals surface area contributed by atoms with Gasteiger partial charge in [0, 0.05) is 12.5 Å². The van der Waals surface area contributed by atoms with Gasteiger partial charge in [0.15, 0.2) is 0 Å². The van der Waals surface area contributed by atoms with E-state index in [1.807, 2.05) is 13.8 Å². The average molecular weight is 276 g/mol. The van der Waals surface area contributed by atoms with Crippen molar-refractivity contribution in [1.29, 1.82) is 5.26 Å². The van der Waals surface area contributed by atoms with Crippen LogP contribution in [0.25, 0.3) is 0 Å². The zero-order valence-corrected chi connectivity index (χ0v) is 12.0. The Balaban J connectivity index is 2.03. The first-order valence-electron chi connectivity index (χ1n) is 7.14. The summed E-state index contributed by atoms with van der Waals surface area (Å²) < 4.78 is 18.8. The van der Waals surface area contributed by atoms with E-state index in [-0.39, 0.29) is 18.0 Å². The normalized spacial score (nSPS) is 26.2. The van der Waals surface area contributed by atoms with Crippen LogP contribution in [-0.2, 0) is 0 Å². The third-order valence-corrected chi connectivity index (χ3v) is 3.60. The molecular weight excluding hydrogens is 255 g/mol. The molecule has 108 valence electrons. The van der Waals surface area contributed by atoms with Gasteiger partial charge in [0.25, 0.3) is 0 Å². The fourth-order valence-electron chi connectivity index (χ4n) is 2.85. The fourth-order valence-corrected chi connectivity index (χ4v) is 2.85. The lowest BCUT2D eigenvalue weighted by Gasteiger charge is -2.37. The van der Waals surface area contributed by atoms with Crippen LogP contribution >= 0.6 is 0 Å². The summed E-state index contributed by atoms with van der Waals surface area (Å²) in [4.78, 5) is 0. The summed E-state index contributed by atoms with van der Waals surface area (Å²) >= 11 is 0. The first-order chi connectivity index (χ1) is 9.53. The van der Waals surface area contributed by atoms with Gasteiger partial charge in [-0.2, -0.15) is 5.26 Å². The largest absolute Gasteiger partial charge is 0.490 e. The molecule has 0 amide bonds. The molecule has 2 rings (SSSR count). The molecule has 0 radical (unpaired) electrons. The molecule has 3 nitrogen and oxygen atoms in total. The number of nitrogens with zero attached hydrogens (tertiary/aromatic N) is 1. The van der Waals surface area contributed by atoms with Gasteiger partial charge in [-0.1, -0.05) is 0 Å². The summed E-state index contributed by atoms with van der Waals surface area (Å²) in [6, 6.07) is 8.73. The highest BCUT2D eigenvalue weighted by atomic mass is 19.1. The number of halogens is 1. The first-order valence-corrected chi connectivity index (χ1v) is 7.14. The van der Waals surface area contributed by atoms with Crippen LogP contribution in [0.5, 0.6) is 5.75 Å². The van der Waals surface area contributed by atoms with Gasteiger partial charge in [0.1, 0.15) is 23.2 Å². The smallest absolute Gasteiger partial charge is 0.123 e. The van der Waals surface area contributed by atoms with Crippen LogP contribution in [0.3, 0.4) is 0 Å². The van der Waals surface area contributed by atoms with Crippen molar-refractivity contribution in [2.75, 3.05) is 0 Å². The van der Waals surface area contributed by atoms with Crippen LogP contribution in [0, 0.1) is 17.1 Å². The van der Waals surface area contributed by atoms with E-state index in [9.17, 15) is 9.65 Å². The van der Waals surface area contributed by atoms with Crippen molar-refractivity contribution in [1.82, 2.24) is 5.32 Å². The summed E-state index contributed by atoms with van der Waals surface area (Å²) in [5, 5.41) is 12.9. The quantitative estimate of drug-likeness (QED) is 0.916. The molecule has 1 saturated carbocycles. The second kappa shape index (κ2) is 6.23. The molecule has 0 saturated heterocycles. The number of hydrogen-bond donors (Lipinski definition) is 1. The Bertz CT molecular complexity index is 480. The minimum atomic E-state index is -0.503. The van der Waals surface area contributed by atoms with E-state index >= 15 is 0 Å². The molecule has 1 aromatic rings. The molecule has 1 aromatic carbocycles. The second-order valence-corrected chi connectivity index (χ2v) is 5.78. The minimum absolute atomic E-state index is 0.000103. The predicted octanol–water partition coefficient (Wildman–Crippen LogP) is 3.41. The molecule has 0 aliphatic heterocycles. The van der Waals surface area contributed by atoms with Crippen molar-refractivity contribution in [3.05, 3.63) is 30.1 Å². The zero-order chi connectivity index (χ0) is 14.6. The Morgan fingerprint density at radius 2 is 2.10 bits per heavy atom. The van der Waals surface area contributed by atoms with Gasteiger partial charge >= 0.3 is 0 Å². The van der Waals surface area contributed by atoms with E-state index in [2.05, 4.69) is 11.4 Å². The summed E-state index contributed by atoms with van der Waals surface area (Å²) in [6.07, 6.45) is 3.41. The van der Waals surface area contributed by atoms with E-state index in [0.29, 0.717) is 12.2 Å². The molecule has 1 fully saturated rings. The van der Waals surface area contributed by atoms with E-state index in [1.54, 1.807) is 12.1 Å². The van der Waals surface area contributed by atoms with E-state index < -0.39 is 5.54 Å². The van der Waals surface area contributed by atoms with Gasteiger partial charge in [-0.3, -0.25) is 5.32 Å². The zero-order valence-electron chi connectivity index (χ0n) is 12.0. The first kappa shape index (κ1) is 14.8. The molecule has 0 bridgehead atoms. The van der Waals surface area contributed by atoms with E-state index in [1.165, 1.54) is 12.1 Å².